The average Bonchev–Trinajstić information content (AvgIpc) is 2.13. The number of rotatable bonds is 4. The molecule has 0 aromatic rings. The van der Waals surface area contributed by atoms with Gasteiger partial charge in [-0.2, -0.15) is 0 Å². The normalized spacial score (nSPS) is 11.6. The fraction of sp³-hybridized carbons (Fsp3) is 0.571. The number of carboxylic acids is 1. The van der Waals surface area contributed by atoms with Crippen LogP contribution < -0.4 is 16.0 Å². The van der Waals surface area contributed by atoms with E-state index in [0.29, 0.717) is 0 Å². The van der Waals surface area contributed by atoms with Gasteiger partial charge in [-0.05, 0) is 6.92 Å². The topological polar surface area (TPSA) is 108 Å². The predicted octanol–water partition coefficient (Wildman–Crippen LogP) is -1.50. The molecule has 7 heteroatoms. The standard InChI is InChI=1S/C7H13N3O4/c1-4(6(12)13)9-3-5(11)10-7(14)8-2/h4,9H,3H2,1-2H3,(H,12,13)(H2,8,10,11,14). The van der Waals surface area contributed by atoms with Crippen molar-refractivity contribution in [2.75, 3.05) is 13.6 Å². The Hall–Kier alpha value is -1.63. The smallest absolute Gasteiger partial charge is 0.321 e. The van der Waals surface area contributed by atoms with E-state index in [1.165, 1.54) is 14.0 Å². The predicted molar refractivity (Wildman–Crippen MR) is 47.7 cm³/mol. The van der Waals surface area contributed by atoms with Crippen LogP contribution in [0.15, 0.2) is 0 Å². The molecule has 1 atom stereocenters. The van der Waals surface area contributed by atoms with Gasteiger partial charge >= 0.3 is 12.0 Å². The minimum absolute atomic E-state index is 0.221. The molecule has 0 saturated carbocycles. The van der Waals surface area contributed by atoms with Crippen molar-refractivity contribution < 1.29 is 19.5 Å². The molecular weight excluding hydrogens is 190 g/mol. The number of carbonyl (C=O) groups is 3. The van der Waals surface area contributed by atoms with Gasteiger partial charge in [0.15, 0.2) is 0 Å². The first-order chi connectivity index (χ1) is 6.47. The second-order valence-electron chi connectivity index (χ2n) is 2.57. The maximum Gasteiger partial charge on any atom is 0.321 e. The lowest BCUT2D eigenvalue weighted by atomic mass is 10.3. The van der Waals surface area contributed by atoms with E-state index >= 15 is 0 Å². The Balaban J connectivity index is 3.74. The SMILES string of the molecule is CNC(=O)NC(=O)CNC(C)C(=O)O. The summed E-state index contributed by atoms with van der Waals surface area (Å²) in [5, 5.41) is 15.0. The molecule has 0 fully saturated rings. The molecule has 14 heavy (non-hydrogen) atoms. The van der Waals surface area contributed by atoms with Gasteiger partial charge < -0.3 is 10.4 Å². The summed E-state index contributed by atoms with van der Waals surface area (Å²) in [7, 11) is 1.37. The van der Waals surface area contributed by atoms with Crippen LogP contribution in [0.4, 0.5) is 4.79 Å². The van der Waals surface area contributed by atoms with E-state index in [9.17, 15) is 14.4 Å². The zero-order valence-corrected chi connectivity index (χ0v) is 7.96. The summed E-state index contributed by atoms with van der Waals surface area (Å²) in [6.07, 6.45) is 0. The maximum absolute atomic E-state index is 10.9. The Morgan fingerprint density at radius 3 is 2.36 bits per heavy atom. The molecule has 1 unspecified atom stereocenters. The molecule has 0 radical (unpaired) electrons. The molecule has 0 rings (SSSR count). The zero-order chi connectivity index (χ0) is 11.1. The summed E-state index contributed by atoms with van der Waals surface area (Å²) >= 11 is 0. The van der Waals surface area contributed by atoms with Crippen LogP contribution in [0.1, 0.15) is 6.92 Å². The van der Waals surface area contributed by atoms with E-state index < -0.39 is 23.9 Å². The molecule has 0 saturated heterocycles. The van der Waals surface area contributed by atoms with Crippen LogP contribution in [-0.4, -0.2) is 42.6 Å². The fourth-order valence-corrected chi connectivity index (χ4v) is 0.566. The Morgan fingerprint density at radius 1 is 1.36 bits per heavy atom. The second kappa shape index (κ2) is 5.92. The van der Waals surface area contributed by atoms with Gasteiger partial charge in [-0.3, -0.25) is 20.2 Å². The summed E-state index contributed by atoms with van der Waals surface area (Å²) in [5.74, 6) is -1.64. The number of imide groups is 1. The summed E-state index contributed by atoms with van der Waals surface area (Å²) in [5.41, 5.74) is 0. The highest BCUT2D eigenvalue weighted by atomic mass is 16.4. The van der Waals surface area contributed by atoms with Crippen molar-refractivity contribution in [1.29, 1.82) is 0 Å². The van der Waals surface area contributed by atoms with Gasteiger partial charge in [0.1, 0.15) is 6.04 Å². The summed E-state index contributed by atoms with van der Waals surface area (Å²) < 4.78 is 0. The van der Waals surface area contributed by atoms with Crippen molar-refractivity contribution in [2.45, 2.75) is 13.0 Å². The zero-order valence-electron chi connectivity index (χ0n) is 7.96. The Kier molecular flexibility index (Phi) is 5.23. The van der Waals surface area contributed by atoms with Crippen LogP contribution in [-0.2, 0) is 9.59 Å². The van der Waals surface area contributed by atoms with Gasteiger partial charge in [0, 0.05) is 7.05 Å². The quantitative estimate of drug-likeness (QED) is 0.445. The van der Waals surface area contributed by atoms with Gasteiger partial charge in [-0.1, -0.05) is 0 Å². The van der Waals surface area contributed by atoms with Crippen LogP contribution in [0.5, 0.6) is 0 Å². The number of hydrogen-bond donors (Lipinski definition) is 4. The number of aliphatic carboxylic acids is 1. The molecule has 0 aliphatic rings. The van der Waals surface area contributed by atoms with Crippen molar-refractivity contribution >= 4 is 17.9 Å². The van der Waals surface area contributed by atoms with Crippen LogP contribution in [0.25, 0.3) is 0 Å². The van der Waals surface area contributed by atoms with E-state index in [2.05, 4.69) is 10.6 Å². The molecule has 0 bridgehead atoms. The third-order valence-corrected chi connectivity index (χ3v) is 1.42. The van der Waals surface area contributed by atoms with Gasteiger partial charge in [-0.15, -0.1) is 0 Å². The Labute approximate surface area is 80.9 Å². The van der Waals surface area contributed by atoms with Gasteiger partial charge in [0.05, 0.1) is 6.54 Å². The minimum Gasteiger partial charge on any atom is -0.480 e. The Morgan fingerprint density at radius 2 is 1.93 bits per heavy atom. The van der Waals surface area contributed by atoms with E-state index in [-0.39, 0.29) is 6.54 Å². The maximum atomic E-state index is 10.9. The largest absolute Gasteiger partial charge is 0.480 e. The fourth-order valence-electron chi connectivity index (χ4n) is 0.566. The van der Waals surface area contributed by atoms with E-state index in [4.69, 9.17) is 5.11 Å². The summed E-state index contributed by atoms with van der Waals surface area (Å²) in [6.45, 7) is 1.18. The molecule has 0 aromatic carbocycles. The molecule has 0 heterocycles. The molecular formula is C7H13N3O4. The molecule has 0 aliphatic carbocycles. The number of amides is 3. The van der Waals surface area contributed by atoms with Gasteiger partial charge in [0.2, 0.25) is 5.91 Å². The van der Waals surface area contributed by atoms with Crippen molar-refractivity contribution in [1.82, 2.24) is 16.0 Å². The molecule has 0 aliphatic heterocycles. The lowest BCUT2D eigenvalue weighted by Gasteiger charge is -2.08. The lowest BCUT2D eigenvalue weighted by molar-refractivity contribution is -0.139. The van der Waals surface area contributed by atoms with Crippen LogP contribution >= 0.6 is 0 Å². The van der Waals surface area contributed by atoms with Crippen LogP contribution in [0, 0.1) is 0 Å². The third kappa shape index (κ3) is 5.09. The number of carbonyl (C=O) groups excluding carboxylic acids is 2. The molecule has 3 amide bonds. The van der Waals surface area contributed by atoms with E-state index in [0.717, 1.165) is 0 Å². The number of hydrogen-bond acceptors (Lipinski definition) is 4. The Bertz CT molecular complexity index is 241. The minimum atomic E-state index is -1.06. The van der Waals surface area contributed by atoms with Crippen molar-refractivity contribution in [3.05, 3.63) is 0 Å². The molecule has 7 nitrogen and oxygen atoms in total. The third-order valence-electron chi connectivity index (χ3n) is 1.42. The van der Waals surface area contributed by atoms with Crippen LogP contribution in [0.2, 0.25) is 0 Å². The number of carboxylic acid groups (broad SMARTS) is 1. The van der Waals surface area contributed by atoms with Gasteiger partial charge in [0.25, 0.3) is 0 Å². The van der Waals surface area contributed by atoms with E-state index in [1.54, 1.807) is 0 Å². The number of nitrogens with one attached hydrogen (secondary N) is 3. The first-order valence-electron chi connectivity index (χ1n) is 3.95. The van der Waals surface area contributed by atoms with E-state index in [1.807, 2.05) is 5.32 Å². The first kappa shape index (κ1) is 12.4. The lowest BCUT2D eigenvalue weighted by Crippen LogP contribution is -2.45. The summed E-state index contributed by atoms with van der Waals surface area (Å²) in [6, 6.07) is -1.45. The molecule has 0 aromatic heterocycles. The van der Waals surface area contributed by atoms with Crippen LogP contribution in [0.3, 0.4) is 0 Å². The van der Waals surface area contributed by atoms with Crippen molar-refractivity contribution in [3.8, 4) is 0 Å². The number of urea groups is 1. The average molecular weight is 203 g/mol. The molecule has 80 valence electrons. The molecule has 0 spiro atoms. The second-order valence-corrected chi connectivity index (χ2v) is 2.57. The molecule has 4 N–H and O–H groups in total. The monoisotopic (exact) mass is 203 g/mol. The van der Waals surface area contributed by atoms with Crippen molar-refractivity contribution in [3.63, 3.8) is 0 Å². The summed E-state index contributed by atoms with van der Waals surface area (Å²) in [4.78, 5) is 31.8. The first-order valence-corrected chi connectivity index (χ1v) is 3.95. The van der Waals surface area contributed by atoms with Crippen molar-refractivity contribution in [2.24, 2.45) is 0 Å². The highest BCUT2D eigenvalue weighted by Crippen LogP contribution is 1.79. The van der Waals surface area contributed by atoms with Gasteiger partial charge in [-0.25, -0.2) is 4.79 Å². The highest BCUT2D eigenvalue weighted by Gasteiger charge is 2.12. The highest BCUT2D eigenvalue weighted by molar-refractivity contribution is 5.95.